The third-order valence-electron chi connectivity index (χ3n) is 6.19. The average molecular weight is 419 g/mol. The number of carbonyl (C=O) groups is 2. The molecule has 0 aliphatic heterocycles. The molecule has 3 rings (SSSR count). The van der Waals surface area contributed by atoms with Crippen molar-refractivity contribution in [3.63, 3.8) is 0 Å². The van der Waals surface area contributed by atoms with Crippen LogP contribution in [0, 0.1) is 19.3 Å². The van der Waals surface area contributed by atoms with Crippen LogP contribution < -0.4 is 9.47 Å². The predicted molar refractivity (Wildman–Crippen MR) is 124 cm³/mol. The Morgan fingerprint density at radius 2 is 1.32 bits per heavy atom. The molecular weight excluding hydrogens is 388 g/mol. The minimum Gasteiger partial charge on any atom is -0.493 e. The Labute approximate surface area is 184 Å². The number of ether oxygens (including phenoxy) is 2. The maximum absolute atomic E-state index is 13.2. The zero-order chi connectivity index (χ0) is 22.4. The molecule has 1 aliphatic rings. The number of carbonyl (C=O) groups excluding carboxylic acids is 2. The van der Waals surface area contributed by atoms with Gasteiger partial charge in [0.05, 0.1) is 19.6 Å². The maximum Gasteiger partial charge on any atom is 0.169 e. The van der Waals surface area contributed by atoms with Gasteiger partial charge in [-0.2, -0.15) is 0 Å². The molecular formula is C27H30O4. The second kappa shape index (κ2) is 9.78. The Balaban J connectivity index is 1.80. The van der Waals surface area contributed by atoms with Crippen LogP contribution in [0.1, 0.15) is 47.9 Å². The number of ketones is 2. The molecule has 0 spiro atoms. The highest BCUT2D eigenvalue weighted by atomic mass is 16.5. The number of hydrogen-bond acceptors (Lipinski definition) is 4. The average Bonchev–Trinajstić information content (AvgIpc) is 3.29. The number of methoxy groups -OCH3 is 2. The van der Waals surface area contributed by atoms with Gasteiger partial charge < -0.3 is 9.47 Å². The normalized spacial score (nSPS) is 15.5. The van der Waals surface area contributed by atoms with Gasteiger partial charge in [-0.3, -0.25) is 9.59 Å². The van der Waals surface area contributed by atoms with E-state index in [1.54, 1.807) is 32.4 Å². The van der Waals surface area contributed by atoms with Gasteiger partial charge in [0.15, 0.2) is 23.1 Å². The lowest BCUT2D eigenvalue weighted by atomic mass is 9.77. The van der Waals surface area contributed by atoms with Gasteiger partial charge in [-0.05, 0) is 73.2 Å². The molecule has 0 bridgehead atoms. The van der Waals surface area contributed by atoms with Gasteiger partial charge in [-0.15, -0.1) is 0 Å². The van der Waals surface area contributed by atoms with E-state index in [2.05, 4.69) is 19.9 Å². The van der Waals surface area contributed by atoms with Crippen molar-refractivity contribution in [1.82, 2.24) is 0 Å². The molecule has 0 atom stereocenters. The number of aryl methyl sites for hydroxylation is 2. The monoisotopic (exact) mass is 418 g/mol. The lowest BCUT2D eigenvalue weighted by Crippen LogP contribution is -2.34. The highest BCUT2D eigenvalue weighted by Crippen LogP contribution is 2.41. The molecule has 1 fully saturated rings. The number of hydrogen-bond donors (Lipinski definition) is 0. The topological polar surface area (TPSA) is 52.6 Å². The van der Waals surface area contributed by atoms with E-state index in [0.29, 0.717) is 24.3 Å². The van der Waals surface area contributed by atoms with Crippen LogP contribution in [-0.2, 0) is 9.59 Å². The minimum absolute atomic E-state index is 0.106. The van der Waals surface area contributed by atoms with E-state index in [9.17, 15) is 9.59 Å². The zero-order valence-corrected chi connectivity index (χ0v) is 18.7. The van der Waals surface area contributed by atoms with Crippen molar-refractivity contribution in [2.45, 2.75) is 39.5 Å². The molecule has 2 aromatic carbocycles. The molecule has 4 heteroatoms. The van der Waals surface area contributed by atoms with Crippen molar-refractivity contribution in [1.29, 1.82) is 0 Å². The number of allylic oxidation sites excluding steroid dienone is 2. The van der Waals surface area contributed by atoms with Gasteiger partial charge in [0.1, 0.15) is 0 Å². The van der Waals surface area contributed by atoms with Crippen molar-refractivity contribution < 1.29 is 19.1 Å². The van der Waals surface area contributed by atoms with E-state index < -0.39 is 5.41 Å². The zero-order valence-electron chi connectivity index (χ0n) is 18.7. The van der Waals surface area contributed by atoms with Crippen LogP contribution in [-0.4, -0.2) is 25.8 Å². The van der Waals surface area contributed by atoms with E-state index >= 15 is 0 Å². The molecule has 1 aliphatic carbocycles. The van der Waals surface area contributed by atoms with Crippen LogP contribution in [0.15, 0.2) is 48.6 Å². The highest BCUT2D eigenvalue weighted by molar-refractivity contribution is 6.17. The third-order valence-corrected chi connectivity index (χ3v) is 6.19. The summed E-state index contributed by atoms with van der Waals surface area (Å²) in [5.41, 5.74) is 3.23. The molecule has 2 aromatic rings. The largest absolute Gasteiger partial charge is 0.493 e. The Morgan fingerprint density at radius 3 is 1.87 bits per heavy atom. The van der Waals surface area contributed by atoms with Gasteiger partial charge in [0, 0.05) is 0 Å². The van der Waals surface area contributed by atoms with Crippen LogP contribution in [0.2, 0.25) is 0 Å². The van der Waals surface area contributed by atoms with E-state index in [0.717, 1.165) is 24.0 Å². The first-order valence-corrected chi connectivity index (χ1v) is 10.6. The standard InChI is InChI=1S/C27H30O4/c1-19-7-8-21(17-20(19)2)10-13-25(28)27(15-5-6-16-27)26(29)14-11-22-9-12-23(30-3)24(18-22)31-4/h7-14,17-18H,5-6,15-16H2,1-4H3/b13-10+,14-11+. The lowest BCUT2D eigenvalue weighted by Gasteiger charge is -2.22. The van der Waals surface area contributed by atoms with E-state index in [4.69, 9.17) is 9.47 Å². The number of rotatable bonds is 8. The van der Waals surface area contributed by atoms with Crippen LogP contribution >= 0.6 is 0 Å². The van der Waals surface area contributed by atoms with Gasteiger partial charge in [-0.25, -0.2) is 0 Å². The van der Waals surface area contributed by atoms with E-state index in [1.165, 1.54) is 17.2 Å². The summed E-state index contributed by atoms with van der Waals surface area (Å²) < 4.78 is 10.6. The van der Waals surface area contributed by atoms with Gasteiger partial charge in [0.2, 0.25) is 0 Å². The Bertz CT molecular complexity index is 1020. The summed E-state index contributed by atoms with van der Waals surface area (Å²) in [5, 5.41) is 0. The van der Waals surface area contributed by atoms with Crippen molar-refractivity contribution in [3.05, 3.63) is 70.8 Å². The molecule has 0 saturated heterocycles. The first-order chi connectivity index (χ1) is 14.9. The van der Waals surface area contributed by atoms with Crippen LogP contribution in [0.3, 0.4) is 0 Å². The highest BCUT2D eigenvalue weighted by Gasteiger charge is 2.44. The molecule has 0 radical (unpaired) electrons. The summed E-state index contributed by atoms with van der Waals surface area (Å²) in [6, 6.07) is 11.6. The first-order valence-electron chi connectivity index (χ1n) is 10.6. The van der Waals surface area contributed by atoms with Gasteiger partial charge in [-0.1, -0.05) is 49.3 Å². The molecule has 0 amide bonds. The smallest absolute Gasteiger partial charge is 0.169 e. The summed E-state index contributed by atoms with van der Waals surface area (Å²) in [6.07, 6.45) is 9.64. The fourth-order valence-corrected chi connectivity index (χ4v) is 4.08. The molecule has 1 saturated carbocycles. The molecule has 0 N–H and O–H groups in total. The van der Waals surface area contributed by atoms with E-state index in [-0.39, 0.29) is 11.6 Å². The minimum atomic E-state index is -0.955. The SMILES string of the molecule is COc1ccc(/C=C/C(=O)C2(C(=O)/C=C/c3ccc(C)c(C)c3)CCCC2)cc1OC. The van der Waals surface area contributed by atoms with Crippen molar-refractivity contribution in [2.75, 3.05) is 14.2 Å². The molecule has 162 valence electrons. The van der Waals surface area contributed by atoms with Gasteiger partial charge in [0.25, 0.3) is 0 Å². The van der Waals surface area contributed by atoms with Gasteiger partial charge >= 0.3 is 0 Å². The Hall–Kier alpha value is -3.14. The number of benzene rings is 2. The predicted octanol–water partition coefficient (Wildman–Crippen LogP) is 5.75. The summed E-state index contributed by atoms with van der Waals surface area (Å²) in [7, 11) is 3.16. The van der Waals surface area contributed by atoms with Crippen molar-refractivity contribution >= 4 is 23.7 Å². The second-order valence-electron chi connectivity index (χ2n) is 8.14. The molecule has 0 unspecified atom stereocenters. The fourth-order valence-electron chi connectivity index (χ4n) is 4.08. The summed E-state index contributed by atoms with van der Waals surface area (Å²) in [4.78, 5) is 26.3. The van der Waals surface area contributed by atoms with Crippen LogP contribution in [0.4, 0.5) is 0 Å². The van der Waals surface area contributed by atoms with Crippen molar-refractivity contribution in [3.8, 4) is 11.5 Å². The lowest BCUT2D eigenvalue weighted by molar-refractivity contribution is -0.134. The first kappa shape index (κ1) is 22.5. The third kappa shape index (κ3) is 4.96. The van der Waals surface area contributed by atoms with Crippen LogP contribution in [0.5, 0.6) is 11.5 Å². The fraction of sp³-hybridized carbons (Fsp3) is 0.333. The maximum atomic E-state index is 13.2. The summed E-state index contributed by atoms with van der Waals surface area (Å²) in [6.45, 7) is 4.11. The Morgan fingerprint density at radius 1 is 0.774 bits per heavy atom. The quantitative estimate of drug-likeness (QED) is 0.405. The summed E-state index contributed by atoms with van der Waals surface area (Å²) >= 11 is 0. The molecule has 0 heterocycles. The molecule has 0 aromatic heterocycles. The van der Waals surface area contributed by atoms with Crippen molar-refractivity contribution in [2.24, 2.45) is 5.41 Å². The summed E-state index contributed by atoms with van der Waals surface area (Å²) in [5.74, 6) is 0.990. The van der Waals surface area contributed by atoms with E-state index in [1.807, 2.05) is 30.3 Å². The molecule has 31 heavy (non-hydrogen) atoms. The molecule has 4 nitrogen and oxygen atoms in total. The Kier molecular flexibility index (Phi) is 7.11. The van der Waals surface area contributed by atoms with Crippen LogP contribution in [0.25, 0.3) is 12.2 Å². The second-order valence-corrected chi connectivity index (χ2v) is 8.14.